The standard InChI is InChI=1S/C19H18ClN5O3S/c1-12-9-18(23-24(12)11-13-3-5-14(20)6-4-13)22-19(29)21-16-8-7-15(25(26)27)10-17(16)28-2/h3-10H,11H2,1-2H3,(H2,21,22,23,29). The quantitative estimate of drug-likeness (QED) is 0.334. The number of thiocarbonyl (C=S) groups is 1. The van der Waals surface area contributed by atoms with Crippen LogP contribution < -0.4 is 15.4 Å². The van der Waals surface area contributed by atoms with Crippen molar-refractivity contribution in [2.24, 2.45) is 0 Å². The molecule has 150 valence electrons. The smallest absolute Gasteiger partial charge is 0.273 e. The van der Waals surface area contributed by atoms with Gasteiger partial charge < -0.3 is 15.4 Å². The molecule has 0 unspecified atom stereocenters. The minimum atomic E-state index is -0.487. The summed E-state index contributed by atoms with van der Waals surface area (Å²) >= 11 is 11.3. The lowest BCUT2D eigenvalue weighted by molar-refractivity contribution is -0.384. The van der Waals surface area contributed by atoms with E-state index in [-0.39, 0.29) is 10.8 Å². The normalized spacial score (nSPS) is 10.4. The number of ether oxygens (including phenoxy) is 1. The van der Waals surface area contributed by atoms with Crippen molar-refractivity contribution in [1.82, 2.24) is 9.78 Å². The Kier molecular flexibility index (Phi) is 6.30. The SMILES string of the molecule is COc1cc([N+](=O)[O-])ccc1NC(=S)Nc1cc(C)n(Cc2ccc(Cl)cc2)n1. The molecule has 8 nitrogen and oxygen atoms in total. The number of non-ortho nitro benzene ring substituents is 1. The molecule has 29 heavy (non-hydrogen) atoms. The van der Waals surface area contributed by atoms with Gasteiger partial charge in [0.2, 0.25) is 0 Å². The third-order valence-corrected chi connectivity index (χ3v) is 4.57. The molecule has 10 heteroatoms. The number of benzene rings is 2. The highest BCUT2D eigenvalue weighted by Crippen LogP contribution is 2.29. The molecular weight excluding hydrogens is 414 g/mol. The molecule has 0 atom stereocenters. The van der Waals surface area contributed by atoms with Crippen LogP contribution in [0.15, 0.2) is 48.5 Å². The van der Waals surface area contributed by atoms with Gasteiger partial charge in [-0.1, -0.05) is 23.7 Å². The number of anilines is 2. The lowest BCUT2D eigenvalue weighted by Crippen LogP contribution is -2.20. The van der Waals surface area contributed by atoms with Gasteiger partial charge in [-0.15, -0.1) is 0 Å². The number of nitro benzene ring substituents is 1. The number of aryl methyl sites for hydroxylation is 1. The summed E-state index contributed by atoms with van der Waals surface area (Å²) in [6, 6.07) is 13.7. The van der Waals surface area contributed by atoms with Crippen molar-refractivity contribution in [2.75, 3.05) is 17.7 Å². The van der Waals surface area contributed by atoms with Crippen LogP contribution in [-0.2, 0) is 6.54 Å². The Balaban J connectivity index is 1.68. The van der Waals surface area contributed by atoms with Crippen molar-refractivity contribution in [3.8, 4) is 5.75 Å². The minimum Gasteiger partial charge on any atom is -0.494 e. The van der Waals surface area contributed by atoms with Crippen LogP contribution in [0.5, 0.6) is 5.75 Å². The summed E-state index contributed by atoms with van der Waals surface area (Å²) in [7, 11) is 1.43. The number of nitrogens with one attached hydrogen (secondary N) is 2. The molecule has 3 rings (SSSR count). The summed E-state index contributed by atoms with van der Waals surface area (Å²) in [5, 5.41) is 22.4. The highest BCUT2D eigenvalue weighted by Gasteiger charge is 2.13. The molecule has 0 saturated carbocycles. The Morgan fingerprint density at radius 3 is 2.62 bits per heavy atom. The average Bonchev–Trinajstić information content (AvgIpc) is 3.02. The third kappa shape index (κ3) is 5.21. The predicted molar refractivity (Wildman–Crippen MR) is 117 cm³/mol. The van der Waals surface area contributed by atoms with Crippen molar-refractivity contribution in [2.45, 2.75) is 13.5 Å². The third-order valence-electron chi connectivity index (χ3n) is 4.11. The van der Waals surface area contributed by atoms with Gasteiger partial charge in [-0.25, -0.2) is 0 Å². The molecule has 0 fully saturated rings. The molecular formula is C19H18ClN5O3S. The number of hydrogen-bond donors (Lipinski definition) is 2. The minimum absolute atomic E-state index is 0.0668. The maximum Gasteiger partial charge on any atom is 0.273 e. The van der Waals surface area contributed by atoms with Crippen LogP contribution in [0, 0.1) is 17.0 Å². The molecule has 3 aromatic rings. The number of methoxy groups -OCH3 is 1. The summed E-state index contributed by atoms with van der Waals surface area (Å²) < 4.78 is 7.05. The van der Waals surface area contributed by atoms with Crippen LogP contribution in [0.25, 0.3) is 0 Å². The van der Waals surface area contributed by atoms with Crippen LogP contribution in [0.4, 0.5) is 17.2 Å². The Morgan fingerprint density at radius 1 is 1.24 bits per heavy atom. The topological polar surface area (TPSA) is 94.3 Å². The fourth-order valence-corrected chi connectivity index (χ4v) is 3.00. The van der Waals surface area contributed by atoms with Gasteiger partial charge in [0, 0.05) is 22.8 Å². The second-order valence-electron chi connectivity index (χ2n) is 6.18. The predicted octanol–water partition coefficient (Wildman–Crippen LogP) is 4.62. The van der Waals surface area contributed by atoms with Crippen LogP contribution in [0.1, 0.15) is 11.3 Å². The number of aromatic nitrogens is 2. The van der Waals surface area contributed by atoms with Crippen LogP contribution in [-0.4, -0.2) is 26.9 Å². The number of nitrogens with zero attached hydrogens (tertiary/aromatic N) is 3. The molecule has 0 amide bonds. The molecule has 0 radical (unpaired) electrons. The summed E-state index contributed by atoms with van der Waals surface area (Å²) in [4.78, 5) is 10.4. The molecule has 1 aromatic heterocycles. The molecule has 0 aliphatic rings. The summed E-state index contributed by atoms with van der Waals surface area (Å²) in [6.07, 6.45) is 0. The zero-order chi connectivity index (χ0) is 21.0. The number of rotatable bonds is 6. The Hall–Kier alpha value is -3.17. The van der Waals surface area contributed by atoms with Gasteiger partial charge in [-0.2, -0.15) is 5.10 Å². The van der Waals surface area contributed by atoms with Gasteiger partial charge in [-0.3, -0.25) is 14.8 Å². The fraction of sp³-hybridized carbons (Fsp3) is 0.158. The monoisotopic (exact) mass is 431 g/mol. The van der Waals surface area contributed by atoms with E-state index in [9.17, 15) is 10.1 Å². The largest absolute Gasteiger partial charge is 0.494 e. The molecule has 2 N–H and O–H groups in total. The second kappa shape index (κ2) is 8.89. The van der Waals surface area contributed by atoms with Crippen molar-refractivity contribution in [3.63, 3.8) is 0 Å². The summed E-state index contributed by atoms with van der Waals surface area (Å²) in [5.74, 6) is 0.891. The van der Waals surface area contributed by atoms with E-state index in [2.05, 4.69) is 15.7 Å². The van der Waals surface area contributed by atoms with Gasteiger partial charge >= 0.3 is 0 Å². The first-order valence-electron chi connectivity index (χ1n) is 8.55. The van der Waals surface area contributed by atoms with E-state index < -0.39 is 4.92 Å². The molecule has 0 aliphatic heterocycles. The van der Waals surface area contributed by atoms with Crippen molar-refractivity contribution < 1.29 is 9.66 Å². The number of halogens is 1. The Morgan fingerprint density at radius 2 is 1.97 bits per heavy atom. The first-order chi connectivity index (χ1) is 13.9. The molecule has 0 saturated heterocycles. The maximum absolute atomic E-state index is 10.9. The lowest BCUT2D eigenvalue weighted by atomic mass is 10.2. The van der Waals surface area contributed by atoms with Gasteiger partial charge in [0.25, 0.3) is 5.69 Å². The zero-order valence-electron chi connectivity index (χ0n) is 15.7. The zero-order valence-corrected chi connectivity index (χ0v) is 17.3. The summed E-state index contributed by atoms with van der Waals surface area (Å²) in [5.41, 5.74) is 2.47. The fourth-order valence-electron chi connectivity index (χ4n) is 2.66. The van der Waals surface area contributed by atoms with Crippen LogP contribution >= 0.6 is 23.8 Å². The van der Waals surface area contributed by atoms with E-state index in [1.807, 2.05) is 41.9 Å². The molecule has 1 heterocycles. The van der Waals surface area contributed by atoms with Crippen LogP contribution in [0.2, 0.25) is 5.02 Å². The van der Waals surface area contributed by atoms with E-state index >= 15 is 0 Å². The first kappa shape index (κ1) is 20.6. The Labute approximate surface area is 177 Å². The van der Waals surface area contributed by atoms with E-state index in [0.717, 1.165) is 11.3 Å². The highest BCUT2D eigenvalue weighted by atomic mass is 35.5. The first-order valence-corrected chi connectivity index (χ1v) is 9.33. The van der Waals surface area contributed by atoms with Crippen molar-refractivity contribution >= 4 is 46.1 Å². The van der Waals surface area contributed by atoms with E-state index in [1.54, 1.807) is 0 Å². The number of hydrogen-bond acceptors (Lipinski definition) is 5. The maximum atomic E-state index is 10.9. The van der Waals surface area contributed by atoms with Gasteiger partial charge in [-0.05, 0) is 42.9 Å². The highest BCUT2D eigenvalue weighted by molar-refractivity contribution is 7.80. The number of nitro groups is 1. The molecule has 0 bridgehead atoms. The van der Waals surface area contributed by atoms with Gasteiger partial charge in [0.15, 0.2) is 10.9 Å². The lowest BCUT2D eigenvalue weighted by Gasteiger charge is -2.12. The summed E-state index contributed by atoms with van der Waals surface area (Å²) in [6.45, 7) is 2.55. The van der Waals surface area contributed by atoms with E-state index in [4.69, 9.17) is 28.6 Å². The Bertz CT molecular complexity index is 1050. The van der Waals surface area contributed by atoms with Crippen molar-refractivity contribution in [1.29, 1.82) is 0 Å². The molecule has 2 aromatic carbocycles. The average molecular weight is 432 g/mol. The van der Waals surface area contributed by atoms with E-state index in [1.165, 1.54) is 25.3 Å². The van der Waals surface area contributed by atoms with Crippen molar-refractivity contribution in [3.05, 3.63) is 74.9 Å². The van der Waals surface area contributed by atoms with Crippen LogP contribution in [0.3, 0.4) is 0 Å². The van der Waals surface area contributed by atoms with Gasteiger partial charge in [0.1, 0.15) is 5.75 Å². The van der Waals surface area contributed by atoms with Gasteiger partial charge in [0.05, 0.1) is 30.3 Å². The molecule has 0 aliphatic carbocycles. The second-order valence-corrected chi connectivity index (χ2v) is 7.02. The van der Waals surface area contributed by atoms with E-state index in [0.29, 0.717) is 28.8 Å². The molecule has 0 spiro atoms.